The summed E-state index contributed by atoms with van der Waals surface area (Å²) in [5, 5.41) is 6.20. The Morgan fingerprint density at radius 2 is 2.05 bits per heavy atom. The van der Waals surface area contributed by atoms with E-state index in [1.807, 2.05) is 19.0 Å². The van der Waals surface area contributed by atoms with Gasteiger partial charge in [-0.15, -0.1) is 0 Å². The first-order valence-electron chi connectivity index (χ1n) is 6.62. The molecule has 1 fully saturated rings. The third-order valence-electron chi connectivity index (χ3n) is 3.11. The van der Waals surface area contributed by atoms with E-state index in [9.17, 15) is 0 Å². The van der Waals surface area contributed by atoms with Crippen molar-refractivity contribution < 1.29 is 4.74 Å². The molecule has 1 saturated heterocycles. The van der Waals surface area contributed by atoms with Crippen LogP contribution in [0.4, 0.5) is 17.8 Å². The summed E-state index contributed by atoms with van der Waals surface area (Å²) in [6.45, 7) is 2.63. The van der Waals surface area contributed by atoms with Gasteiger partial charge in [-0.05, 0) is 18.8 Å². The Kier molecular flexibility index (Phi) is 4.73. The van der Waals surface area contributed by atoms with Gasteiger partial charge < -0.3 is 20.3 Å². The van der Waals surface area contributed by atoms with E-state index in [1.165, 1.54) is 0 Å². The Hall–Kier alpha value is -1.63. The lowest BCUT2D eigenvalue weighted by atomic mass is 10.1. The van der Waals surface area contributed by atoms with E-state index in [0.29, 0.717) is 23.8 Å². The third kappa shape index (κ3) is 3.92. The molecule has 1 aromatic heterocycles. The molecule has 0 aromatic carbocycles. The van der Waals surface area contributed by atoms with Crippen molar-refractivity contribution in [3.8, 4) is 0 Å². The van der Waals surface area contributed by atoms with E-state index in [2.05, 4.69) is 25.6 Å². The monoisotopic (exact) mass is 266 g/mol. The zero-order valence-corrected chi connectivity index (χ0v) is 11.8. The van der Waals surface area contributed by atoms with E-state index in [4.69, 9.17) is 4.74 Å². The highest BCUT2D eigenvalue weighted by Crippen LogP contribution is 2.16. The number of ether oxygens (including phenoxy) is 1. The normalized spacial score (nSPS) is 18.4. The second-order valence-electron chi connectivity index (χ2n) is 4.87. The van der Waals surface area contributed by atoms with Gasteiger partial charge >= 0.3 is 0 Å². The minimum atomic E-state index is 0.574. The first-order valence-corrected chi connectivity index (χ1v) is 6.62. The van der Waals surface area contributed by atoms with Gasteiger partial charge in [0.25, 0.3) is 0 Å². The Morgan fingerprint density at radius 3 is 2.68 bits per heavy atom. The van der Waals surface area contributed by atoms with Gasteiger partial charge in [-0.2, -0.15) is 15.0 Å². The highest BCUT2D eigenvalue weighted by Gasteiger charge is 2.15. The van der Waals surface area contributed by atoms with Crippen LogP contribution in [0.2, 0.25) is 0 Å². The minimum Gasteiger partial charge on any atom is -0.381 e. The predicted molar refractivity (Wildman–Crippen MR) is 75.7 cm³/mol. The molecule has 0 spiro atoms. The summed E-state index contributed by atoms with van der Waals surface area (Å²) in [4.78, 5) is 14.8. The summed E-state index contributed by atoms with van der Waals surface area (Å²) in [7, 11) is 5.62. The lowest BCUT2D eigenvalue weighted by Crippen LogP contribution is -2.17. The molecule has 1 atom stereocenters. The van der Waals surface area contributed by atoms with Crippen molar-refractivity contribution in [1.29, 1.82) is 0 Å². The number of aromatic nitrogens is 3. The number of hydrogen-bond acceptors (Lipinski definition) is 7. The van der Waals surface area contributed by atoms with Crippen LogP contribution in [-0.2, 0) is 4.74 Å². The summed E-state index contributed by atoms with van der Waals surface area (Å²) in [6.07, 6.45) is 2.24. The van der Waals surface area contributed by atoms with E-state index < -0.39 is 0 Å². The number of nitrogens with zero attached hydrogens (tertiary/aromatic N) is 4. The van der Waals surface area contributed by atoms with Crippen molar-refractivity contribution in [2.75, 3.05) is 56.4 Å². The van der Waals surface area contributed by atoms with Gasteiger partial charge in [-0.3, -0.25) is 0 Å². The fourth-order valence-corrected chi connectivity index (χ4v) is 1.95. The lowest BCUT2D eigenvalue weighted by molar-refractivity contribution is 0.185. The second kappa shape index (κ2) is 6.51. The molecule has 7 nitrogen and oxygen atoms in total. The Bertz CT molecular complexity index is 405. The average molecular weight is 266 g/mol. The van der Waals surface area contributed by atoms with Crippen LogP contribution in [-0.4, -0.2) is 55.9 Å². The zero-order chi connectivity index (χ0) is 13.7. The second-order valence-corrected chi connectivity index (χ2v) is 4.87. The van der Waals surface area contributed by atoms with Crippen molar-refractivity contribution in [2.45, 2.75) is 12.8 Å². The van der Waals surface area contributed by atoms with Crippen LogP contribution >= 0.6 is 0 Å². The molecule has 1 aliphatic rings. The molecule has 1 aliphatic heterocycles. The fraction of sp³-hybridized carbons (Fsp3) is 0.750. The van der Waals surface area contributed by atoms with Gasteiger partial charge in [0.15, 0.2) is 0 Å². The Morgan fingerprint density at radius 1 is 1.26 bits per heavy atom. The molecular formula is C12H22N6O. The maximum atomic E-state index is 5.36. The zero-order valence-electron chi connectivity index (χ0n) is 11.8. The van der Waals surface area contributed by atoms with Gasteiger partial charge in [-0.25, -0.2) is 0 Å². The van der Waals surface area contributed by atoms with E-state index >= 15 is 0 Å². The van der Waals surface area contributed by atoms with Crippen molar-refractivity contribution in [1.82, 2.24) is 15.0 Å². The quantitative estimate of drug-likeness (QED) is 0.789. The summed E-state index contributed by atoms with van der Waals surface area (Å²) in [5.41, 5.74) is 0. The molecule has 0 bridgehead atoms. The van der Waals surface area contributed by atoms with Gasteiger partial charge in [0.05, 0.1) is 0 Å². The minimum absolute atomic E-state index is 0.574. The van der Waals surface area contributed by atoms with Gasteiger partial charge in [0, 0.05) is 40.9 Å². The molecule has 2 heterocycles. The van der Waals surface area contributed by atoms with E-state index in [0.717, 1.165) is 32.6 Å². The largest absolute Gasteiger partial charge is 0.381 e. The van der Waals surface area contributed by atoms with Crippen LogP contribution in [0.15, 0.2) is 0 Å². The molecule has 0 radical (unpaired) electrons. The summed E-state index contributed by atoms with van der Waals surface area (Å²) >= 11 is 0. The number of nitrogens with one attached hydrogen (secondary N) is 2. The first-order chi connectivity index (χ1) is 9.19. The van der Waals surface area contributed by atoms with Crippen molar-refractivity contribution in [3.05, 3.63) is 0 Å². The van der Waals surface area contributed by atoms with Crippen LogP contribution in [0.5, 0.6) is 0 Å². The molecule has 19 heavy (non-hydrogen) atoms. The molecule has 1 aromatic rings. The SMILES string of the molecule is CNc1nc(NCCC2CCOC2)nc(N(C)C)n1. The van der Waals surface area contributed by atoms with Crippen LogP contribution in [0, 0.1) is 5.92 Å². The van der Waals surface area contributed by atoms with E-state index in [1.54, 1.807) is 7.05 Å². The summed E-state index contributed by atoms with van der Waals surface area (Å²) < 4.78 is 5.36. The van der Waals surface area contributed by atoms with E-state index in [-0.39, 0.29) is 0 Å². The molecular weight excluding hydrogens is 244 g/mol. The van der Waals surface area contributed by atoms with Crippen LogP contribution < -0.4 is 15.5 Å². The maximum absolute atomic E-state index is 5.36. The summed E-state index contributed by atoms with van der Waals surface area (Å²) in [6, 6.07) is 0. The Balaban J connectivity index is 1.92. The Labute approximate surface area is 113 Å². The number of anilines is 3. The highest BCUT2D eigenvalue weighted by atomic mass is 16.5. The van der Waals surface area contributed by atoms with Gasteiger partial charge in [-0.1, -0.05) is 0 Å². The molecule has 0 aliphatic carbocycles. The first kappa shape index (κ1) is 13.8. The highest BCUT2D eigenvalue weighted by molar-refractivity contribution is 5.42. The topological polar surface area (TPSA) is 75.2 Å². The van der Waals surface area contributed by atoms with Gasteiger partial charge in [0.1, 0.15) is 0 Å². The molecule has 0 saturated carbocycles. The van der Waals surface area contributed by atoms with Crippen LogP contribution in [0.3, 0.4) is 0 Å². The fourth-order valence-electron chi connectivity index (χ4n) is 1.95. The number of rotatable bonds is 6. The maximum Gasteiger partial charge on any atom is 0.231 e. The third-order valence-corrected chi connectivity index (χ3v) is 3.11. The van der Waals surface area contributed by atoms with Crippen molar-refractivity contribution in [2.24, 2.45) is 5.92 Å². The van der Waals surface area contributed by atoms with Crippen LogP contribution in [0.1, 0.15) is 12.8 Å². The van der Waals surface area contributed by atoms with Crippen LogP contribution in [0.25, 0.3) is 0 Å². The standard InChI is InChI=1S/C12H22N6O/c1-13-10-15-11(17-12(16-10)18(2)3)14-6-4-9-5-7-19-8-9/h9H,4-8H2,1-3H3,(H2,13,14,15,16,17). The smallest absolute Gasteiger partial charge is 0.231 e. The van der Waals surface area contributed by atoms with Crippen molar-refractivity contribution in [3.63, 3.8) is 0 Å². The molecule has 0 amide bonds. The number of hydrogen-bond donors (Lipinski definition) is 2. The summed E-state index contributed by atoms with van der Waals surface area (Å²) in [5.74, 6) is 2.49. The molecule has 2 N–H and O–H groups in total. The average Bonchev–Trinajstić information content (AvgIpc) is 2.91. The van der Waals surface area contributed by atoms with Crippen molar-refractivity contribution >= 4 is 17.8 Å². The lowest BCUT2D eigenvalue weighted by Gasteiger charge is -2.14. The predicted octanol–water partition coefficient (Wildman–Crippen LogP) is 0.818. The molecule has 7 heteroatoms. The molecule has 2 rings (SSSR count). The molecule has 106 valence electrons. The molecule has 1 unspecified atom stereocenters. The van der Waals surface area contributed by atoms with Gasteiger partial charge in [0.2, 0.25) is 17.8 Å².